The lowest BCUT2D eigenvalue weighted by Crippen LogP contribution is -2.34. The highest BCUT2D eigenvalue weighted by Gasteiger charge is 2.26. The van der Waals surface area contributed by atoms with E-state index in [1.165, 1.54) is 11.6 Å². The van der Waals surface area contributed by atoms with Crippen LogP contribution in [0.15, 0.2) is 42.9 Å². The van der Waals surface area contributed by atoms with Crippen LogP contribution in [0.3, 0.4) is 0 Å². The molecule has 1 atom stereocenters. The van der Waals surface area contributed by atoms with E-state index in [9.17, 15) is 4.39 Å². The van der Waals surface area contributed by atoms with E-state index in [1.807, 2.05) is 42.1 Å². The lowest BCUT2D eigenvalue weighted by molar-refractivity contribution is 0.198. The van der Waals surface area contributed by atoms with Gasteiger partial charge in [0.25, 0.3) is 0 Å². The number of benzene rings is 1. The summed E-state index contributed by atoms with van der Waals surface area (Å²) in [5, 5.41) is 4.40. The first-order chi connectivity index (χ1) is 14.5. The van der Waals surface area contributed by atoms with E-state index in [1.54, 1.807) is 12.1 Å². The molecule has 0 amide bonds. The van der Waals surface area contributed by atoms with Crippen LogP contribution in [0.25, 0.3) is 11.1 Å². The number of likely N-dealkylation sites (tertiary alicyclic amines) is 1. The zero-order valence-electron chi connectivity index (χ0n) is 17.9. The van der Waals surface area contributed by atoms with Gasteiger partial charge in [-0.1, -0.05) is 12.1 Å². The molecule has 0 saturated carbocycles. The molecule has 1 fully saturated rings. The van der Waals surface area contributed by atoms with Crippen molar-refractivity contribution in [3.8, 4) is 11.1 Å². The van der Waals surface area contributed by atoms with Gasteiger partial charge < -0.3 is 4.90 Å². The molecule has 7 heteroatoms. The van der Waals surface area contributed by atoms with Crippen LogP contribution >= 0.6 is 0 Å². The number of halogens is 1. The number of aryl methyl sites for hydroxylation is 1. The van der Waals surface area contributed by atoms with Crippen molar-refractivity contribution in [1.82, 2.24) is 24.6 Å². The summed E-state index contributed by atoms with van der Waals surface area (Å²) >= 11 is 0. The molecular weight excluding hydrogens is 379 g/mol. The van der Waals surface area contributed by atoms with Crippen LogP contribution in [0.5, 0.6) is 0 Å². The molecule has 1 aromatic carbocycles. The number of piperidine rings is 1. The summed E-state index contributed by atoms with van der Waals surface area (Å²) in [5.41, 5.74) is 4.00. The van der Waals surface area contributed by atoms with Gasteiger partial charge in [0.2, 0.25) is 5.95 Å². The normalized spacial score (nSPS) is 17.3. The van der Waals surface area contributed by atoms with Crippen molar-refractivity contribution >= 4 is 5.95 Å². The molecule has 1 aliphatic rings. The van der Waals surface area contributed by atoms with E-state index in [0.29, 0.717) is 5.95 Å². The molecule has 30 heavy (non-hydrogen) atoms. The zero-order chi connectivity index (χ0) is 21.1. The summed E-state index contributed by atoms with van der Waals surface area (Å²) < 4.78 is 15.9. The summed E-state index contributed by atoms with van der Waals surface area (Å²) in [6.45, 7) is 5.85. The van der Waals surface area contributed by atoms with Gasteiger partial charge in [-0.3, -0.25) is 9.58 Å². The first kappa shape index (κ1) is 20.5. The van der Waals surface area contributed by atoms with E-state index in [4.69, 9.17) is 4.98 Å². The topological polar surface area (TPSA) is 50.1 Å². The smallest absolute Gasteiger partial charge is 0.225 e. The fraction of sp³-hybridized carbons (Fsp3) is 0.435. The number of hydrogen-bond donors (Lipinski definition) is 0. The number of anilines is 1. The fourth-order valence-electron chi connectivity index (χ4n) is 4.13. The highest BCUT2D eigenvalue weighted by molar-refractivity contribution is 5.66. The van der Waals surface area contributed by atoms with Gasteiger partial charge in [-0.2, -0.15) is 5.10 Å². The van der Waals surface area contributed by atoms with Crippen molar-refractivity contribution in [2.24, 2.45) is 0 Å². The van der Waals surface area contributed by atoms with Crippen LogP contribution in [-0.4, -0.2) is 51.8 Å². The predicted molar refractivity (Wildman–Crippen MR) is 117 cm³/mol. The Bertz CT molecular complexity index is 999. The lowest BCUT2D eigenvalue weighted by Gasteiger charge is -2.33. The van der Waals surface area contributed by atoms with Crippen LogP contribution in [-0.2, 0) is 13.1 Å². The van der Waals surface area contributed by atoms with Crippen molar-refractivity contribution in [3.05, 3.63) is 59.9 Å². The molecule has 0 radical (unpaired) electrons. The quantitative estimate of drug-likeness (QED) is 0.618. The van der Waals surface area contributed by atoms with Gasteiger partial charge in [0.15, 0.2) is 0 Å². The van der Waals surface area contributed by atoms with Crippen molar-refractivity contribution in [3.63, 3.8) is 0 Å². The van der Waals surface area contributed by atoms with Crippen LogP contribution in [0.2, 0.25) is 0 Å². The fourth-order valence-corrected chi connectivity index (χ4v) is 4.13. The second kappa shape index (κ2) is 8.92. The molecule has 3 aromatic rings. The van der Waals surface area contributed by atoms with Crippen molar-refractivity contribution in [1.29, 1.82) is 0 Å². The molecule has 3 heterocycles. The standard InChI is InChI=1S/C23H29FN6/c1-4-30-15-17(12-26-30)14-29-10-6-8-19(16-29)22-21(13-25-23(27-22)28(2)3)18-7-5-9-20(24)11-18/h5,7,9,11-13,15,19H,4,6,8,10,14,16H2,1-3H3. The number of hydrogen-bond acceptors (Lipinski definition) is 5. The van der Waals surface area contributed by atoms with Crippen LogP contribution in [0.4, 0.5) is 10.3 Å². The summed E-state index contributed by atoms with van der Waals surface area (Å²) in [5.74, 6) is 0.722. The van der Waals surface area contributed by atoms with Gasteiger partial charge in [-0.15, -0.1) is 0 Å². The maximum absolute atomic E-state index is 13.9. The Morgan fingerprint density at radius 2 is 2.10 bits per heavy atom. The van der Waals surface area contributed by atoms with Gasteiger partial charge in [0.1, 0.15) is 5.82 Å². The molecule has 0 N–H and O–H groups in total. The number of rotatable bonds is 6. The van der Waals surface area contributed by atoms with Crippen molar-refractivity contribution in [2.45, 2.75) is 38.8 Å². The van der Waals surface area contributed by atoms with Crippen molar-refractivity contribution < 1.29 is 4.39 Å². The van der Waals surface area contributed by atoms with E-state index in [2.05, 4.69) is 28.1 Å². The van der Waals surface area contributed by atoms with Crippen molar-refractivity contribution in [2.75, 3.05) is 32.1 Å². The second-order valence-corrected chi connectivity index (χ2v) is 8.15. The predicted octanol–water partition coefficient (Wildman–Crippen LogP) is 3.94. The minimum absolute atomic E-state index is 0.242. The average Bonchev–Trinajstić information content (AvgIpc) is 3.21. The Balaban J connectivity index is 1.62. The summed E-state index contributed by atoms with van der Waals surface area (Å²) in [7, 11) is 3.89. The number of nitrogens with zero attached hydrogens (tertiary/aromatic N) is 6. The van der Waals surface area contributed by atoms with Gasteiger partial charge in [0.05, 0.1) is 11.9 Å². The molecule has 0 bridgehead atoms. The third-order valence-electron chi connectivity index (χ3n) is 5.65. The molecule has 1 aliphatic heterocycles. The maximum atomic E-state index is 13.9. The SMILES string of the molecule is CCn1cc(CN2CCCC(c3nc(N(C)C)ncc3-c3cccc(F)c3)C2)cn1. The highest BCUT2D eigenvalue weighted by Crippen LogP contribution is 2.34. The third kappa shape index (κ3) is 4.51. The van der Waals surface area contributed by atoms with E-state index in [0.717, 1.165) is 55.8 Å². The van der Waals surface area contributed by atoms with Crippen LogP contribution in [0, 0.1) is 5.82 Å². The Morgan fingerprint density at radius 3 is 2.83 bits per heavy atom. The first-order valence-corrected chi connectivity index (χ1v) is 10.6. The van der Waals surface area contributed by atoms with Crippen LogP contribution in [0.1, 0.15) is 36.9 Å². The molecule has 1 saturated heterocycles. The summed E-state index contributed by atoms with van der Waals surface area (Å²) in [6.07, 6.45) is 8.10. The summed E-state index contributed by atoms with van der Waals surface area (Å²) in [4.78, 5) is 13.8. The molecule has 158 valence electrons. The molecule has 0 spiro atoms. The van der Waals surface area contributed by atoms with Gasteiger partial charge in [-0.05, 0) is 44.0 Å². The largest absolute Gasteiger partial charge is 0.347 e. The second-order valence-electron chi connectivity index (χ2n) is 8.15. The maximum Gasteiger partial charge on any atom is 0.225 e. The van der Waals surface area contributed by atoms with Gasteiger partial charge >= 0.3 is 0 Å². The van der Waals surface area contributed by atoms with Gasteiger partial charge in [-0.25, -0.2) is 14.4 Å². The zero-order valence-corrected chi connectivity index (χ0v) is 17.9. The first-order valence-electron chi connectivity index (χ1n) is 10.6. The Kier molecular flexibility index (Phi) is 6.08. The van der Waals surface area contributed by atoms with Gasteiger partial charge in [0, 0.05) is 63.2 Å². The monoisotopic (exact) mass is 408 g/mol. The molecular formula is C23H29FN6. The third-order valence-corrected chi connectivity index (χ3v) is 5.65. The summed E-state index contributed by atoms with van der Waals surface area (Å²) in [6, 6.07) is 6.71. The minimum Gasteiger partial charge on any atom is -0.347 e. The molecule has 2 aromatic heterocycles. The number of aromatic nitrogens is 4. The Morgan fingerprint density at radius 1 is 1.23 bits per heavy atom. The van der Waals surface area contributed by atoms with E-state index < -0.39 is 0 Å². The Labute approximate surface area is 177 Å². The average molecular weight is 409 g/mol. The molecule has 6 nitrogen and oxygen atoms in total. The molecule has 1 unspecified atom stereocenters. The highest BCUT2D eigenvalue weighted by atomic mass is 19.1. The van der Waals surface area contributed by atoms with Crippen LogP contribution < -0.4 is 4.90 Å². The minimum atomic E-state index is -0.242. The lowest BCUT2D eigenvalue weighted by atomic mass is 9.89. The Hall–Kier alpha value is -2.80. The van der Waals surface area contributed by atoms with E-state index >= 15 is 0 Å². The molecule has 4 rings (SSSR count). The van der Waals surface area contributed by atoms with E-state index in [-0.39, 0.29) is 11.7 Å². The molecule has 0 aliphatic carbocycles.